The zero-order valence-electron chi connectivity index (χ0n) is 8.71. The van der Waals surface area contributed by atoms with Gasteiger partial charge in [-0.25, -0.2) is 0 Å². The van der Waals surface area contributed by atoms with Crippen LogP contribution in [0, 0.1) is 5.92 Å². The molecule has 1 aliphatic carbocycles. The Morgan fingerprint density at radius 1 is 1.40 bits per heavy atom. The second kappa shape index (κ2) is 5.83. The summed E-state index contributed by atoms with van der Waals surface area (Å²) in [7, 11) is 0. The van der Waals surface area contributed by atoms with Gasteiger partial charge in [0.15, 0.2) is 0 Å². The molecule has 0 saturated heterocycles. The molecule has 2 rings (SSSR count). The molecule has 1 nitrogen and oxygen atoms in total. The van der Waals surface area contributed by atoms with Crippen molar-refractivity contribution in [3.8, 4) is 0 Å². The van der Waals surface area contributed by atoms with Crippen molar-refractivity contribution < 1.29 is 0 Å². The third-order valence-electron chi connectivity index (χ3n) is 2.74. The van der Waals surface area contributed by atoms with Gasteiger partial charge in [-0.05, 0) is 59.8 Å². The molecule has 15 heavy (non-hydrogen) atoms. The van der Waals surface area contributed by atoms with Crippen LogP contribution in [-0.4, -0.2) is 6.54 Å². The van der Waals surface area contributed by atoms with Crippen LogP contribution in [0.2, 0.25) is 0 Å². The van der Waals surface area contributed by atoms with Gasteiger partial charge in [0.1, 0.15) is 0 Å². The molecule has 1 N–H and O–H groups in total. The summed E-state index contributed by atoms with van der Waals surface area (Å²) in [5.41, 5.74) is 0. The number of halogens is 1. The molecule has 0 saturated carbocycles. The Labute approximate surface area is 104 Å². The SMILES string of the molecule is Brc1ccc(CNCC2CC=CCC2)s1. The molecule has 3 heteroatoms. The van der Waals surface area contributed by atoms with Gasteiger partial charge in [-0.1, -0.05) is 12.2 Å². The van der Waals surface area contributed by atoms with E-state index in [0.717, 1.165) is 19.0 Å². The fourth-order valence-electron chi connectivity index (χ4n) is 1.89. The average molecular weight is 286 g/mol. The zero-order valence-corrected chi connectivity index (χ0v) is 11.1. The molecule has 1 heterocycles. The van der Waals surface area contributed by atoms with Crippen LogP contribution in [-0.2, 0) is 6.54 Å². The monoisotopic (exact) mass is 285 g/mol. The predicted molar refractivity (Wildman–Crippen MR) is 70.2 cm³/mol. The minimum Gasteiger partial charge on any atom is -0.312 e. The van der Waals surface area contributed by atoms with Crippen LogP contribution < -0.4 is 5.32 Å². The zero-order chi connectivity index (χ0) is 10.5. The van der Waals surface area contributed by atoms with E-state index in [9.17, 15) is 0 Å². The standard InChI is InChI=1S/C12H16BrNS/c13-12-7-6-11(15-12)9-14-8-10-4-2-1-3-5-10/h1-2,6-7,10,14H,3-5,8-9H2. The summed E-state index contributed by atoms with van der Waals surface area (Å²) in [6, 6.07) is 4.30. The van der Waals surface area contributed by atoms with Gasteiger partial charge in [0.2, 0.25) is 0 Å². The summed E-state index contributed by atoms with van der Waals surface area (Å²) in [6.07, 6.45) is 8.47. The minimum atomic E-state index is 0.846. The molecule has 0 bridgehead atoms. The summed E-state index contributed by atoms with van der Waals surface area (Å²) >= 11 is 5.30. The number of hydrogen-bond acceptors (Lipinski definition) is 2. The van der Waals surface area contributed by atoms with Crippen molar-refractivity contribution in [1.29, 1.82) is 0 Å². The first-order valence-corrected chi connectivity index (χ1v) is 7.05. The van der Waals surface area contributed by atoms with E-state index in [1.54, 1.807) is 0 Å². The van der Waals surface area contributed by atoms with Gasteiger partial charge in [-0.3, -0.25) is 0 Å². The molecule has 1 aromatic rings. The minimum absolute atomic E-state index is 0.846. The first kappa shape index (κ1) is 11.4. The Hall–Kier alpha value is -0.120. The third-order valence-corrected chi connectivity index (χ3v) is 4.36. The molecule has 0 aliphatic heterocycles. The Balaban J connectivity index is 1.68. The van der Waals surface area contributed by atoms with Crippen molar-refractivity contribution in [2.45, 2.75) is 25.8 Å². The summed E-state index contributed by atoms with van der Waals surface area (Å²) in [6.45, 7) is 2.16. The highest BCUT2D eigenvalue weighted by Gasteiger charge is 2.08. The lowest BCUT2D eigenvalue weighted by Crippen LogP contribution is -2.22. The topological polar surface area (TPSA) is 12.0 Å². The van der Waals surface area contributed by atoms with Crippen molar-refractivity contribution in [3.63, 3.8) is 0 Å². The summed E-state index contributed by atoms with van der Waals surface area (Å²) in [5, 5.41) is 3.54. The molecule has 0 aromatic carbocycles. The van der Waals surface area contributed by atoms with Crippen LogP contribution in [0.3, 0.4) is 0 Å². The van der Waals surface area contributed by atoms with Crippen LogP contribution in [0.25, 0.3) is 0 Å². The Bertz CT molecular complexity index is 332. The molecule has 1 aromatic heterocycles. The highest BCUT2D eigenvalue weighted by atomic mass is 79.9. The Morgan fingerprint density at radius 2 is 2.33 bits per heavy atom. The second-order valence-corrected chi connectivity index (χ2v) is 6.53. The van der Waals surface area contributed by atoms with E-state index >= 15 is 0 Å². The van der Waals surface area contributed by atoms with E-state index in [1.165, 1.54) is 27.9 Å². The van der Waals surface area contributed by atoms with E-state index in [2.05, 4.69) is 45.5 Å². The highest BCUT2D eigenvalue weighted by Crippen LogP contribution is 2.22. The van der Waals surface area contributed by atoms with Crippen molar-refractivity contribution in [2.24, 2.45) is 5.92 Å². The fraction of sp³-hybridized carbons (Fsp3) is 0.500. The van der Waals surface area contributed by atoms with Crippen LogP contribution >= 0.6 is 27.3 Å². The largest absolute Gasteiger partial charge is 0.312 e. The van der Waals surface area contributed by atoms with Gasteiger partial charge in [0, 0.05) is 11.4 Å². The molecule has 0 spiro atoms. The quantitative estimate of drug-likeness (QED) is 0.826. The average Bonchev–Trinajstić information content (AvgIpc) is 2.66. The van der Waals surface area contributed by atoms with E-state index < -0.39 is 0 Å². The Kier molecular flexibility index (Phi) is 4.42. The molecular weight excluding hydrogens is 270 g/mol. The number of nitrogens with one attached hydrogen (secondary N) is 1. The van der Waals surface area contributed by atoms with E-state index in [-0.39, 0.29) is 0 Å². The maximum atomic E-state index is 3.54. The van der Waals surface area contributed by atoms with Gasteiger partial charge in [0.25, 0.3) is 0 Å². The molecule has 0 amide bonds. The molecular formula is C12H16BrNS. The molecule has 82 valence electrons. The van der Waals surface area contributed by atoms with Gasteiger partial charge in [0.05, 0.1) is 3.79 Å². The van der Waals surface area contributed by atoms with Gasteiger partial charge in [-0.15, -0.1) is 11.3 Å². The lowest BCUT2D eigenvalue weighted by atomic mass is 9.94. The van der Waals surface area contributed by atoms with Crippen molar-refractivity contribution in [1.82, 2.24) is 5.32 Å². The van der Waals surface area contributed by atoms with Crippen molar-refractivity contribution >= 4 is 27.3 Å². The smallest absolute Gasteiger partial charge is 0.0701 e. The molecule has 1 aliphatic rings. The van der Waals surface area contributed by atoms with E-state index in [1.807, 2.05) is 11.3 Å². The van der Waals surface area contributed by atoms with Crippen molar-refractivity contribution in [3.05, 3.63) is 32.9 Å². The Morgan fingerprint density at radius 3 is 3.00 bits per heavy atom. The normalized spacial score (nSPS) is 20.7. The number of thiophene rings is 1. The molecule has 0 fully saturated rings. The van der Waals surface area contributed by atoms with Gasteiger partial charge >= 0.3 is 0 Å². The lowest BCUT2D eigenvalue weighted by Gasteiger charge is -2.17. The van der Waals surface area contributed by atoms with E-state index in [0.29, 0.717) is 0 Å². The fourth-order valence-corrected chi connectivity index (χ4v) is 3.34. The van der Waals surface area contributed by atoms with Crippen LogP contribution in [0.15, 0.2) is 28.1 Å². The summed E-state index contributed by atoms with van der Waals surface area (Å²) in [4.78, 5) is 1.41. The lowest BCUT2D eigenvalue weighted by molar-refractivity contribution is 0.441. The first-order chi connectivity index (χ1) is 7.34. The van der Waals surface area contributed by atoms with E-state index in [4.69, 9.17) is 0 Å². The summed E-state index contributed by atoms with van der Waals surface area (Å²) in [5.74, 6) is 0.846. The molecule has 1 atom stereocenters. The van der Waals surface area contributed by atoms with Crippen molar-refractivity contribution in [2.75, 3.05) is 6.54 Å². The predicted octanol–water partition coefficient (Wildman–Crippen LogP) is 3.96. The number of rotatable bonds is 4. The molecule has 0 radical (unpaired) electrons. The summed E-state index contributed by atoms with van der Waals surface area (Å²) < 4.78 is 1.22. The number of allylic oxidation sites excluding steroid dienone is 2. The highest BCUT2D eigenvalue weighted by molar-refractivity contribution is 9.11. The van der Waals surface area contributed by atoms with Crippen LogP contribution in [0.4, 0.5) is 0 Å². The van der Waals surface area contributed by atoms with Gasteiger partial charge < -0.3 is 5.32 Å². The van der Waals surface area contributed by atoms with Gasteiger partial charge in [-0.2, -0.15) is 0 Å². The molecule has 1 unspecified atom stereocenters. The second-order valence-electron chi connectivity index (χ2n) is 3.99. The maximum absolute atomic E-state index is 3.54. The third kappa shape index (κ3) is 3.74. The number of hydrogen-bond donors (Lipinski definition) is 1. The maximum Gasteiger partial charge on any atom is 0.0701 e. The first-order valence-electron chi connectivity index (χ1n) is 5.44. The van der Waals surface area contributed by atoms with Crippen LogP contribution in [0.5, 0.6) is 0 Å². The van der Waals surface area contributed by atoms with Crippen LogP contribution in [0.1, 0.15) is 24.1 Å².